The zero-order chi connectivity index (χ0) is 14.9. The predicted octanol–water partition coefficient (Wildman–Crippen LogP) is 2.83. The molecule has 1 aromatic carbocycles. The number of aromatic nitrogens is 1. The van der Waals surface area contributed by atoms with Crippen molar-refractivity contribution in [2.24, 2.45) is 0 Å². The summed E-state index contributed by atoms with van der Waals surface area (Å²) in [5, 5.41) is 14.1. The second-order valence-electron chi connectivity index (χ2n) is 3.70. The third-order valence-electron chi connectivity index (χ3n) is 2.44. The van der Waals surface area contributed by atoms with E-state index < -0.39 is 33.7 Å². The third kappa shape index (κ3) is 2.51. The quantitative estimate of drug-likeness (QED) is 0.492. The Morgan fingerprint density at radius 3 is 2.50 bits per heavy atom. The third-order valence-corrected chi connectivity index (χ3v) is 2.44. The van der Waals surface area contributed by atoms with Gasteiger partial charge in [-0.3, -0.25) is 14.9 Å². The molecule has 1 heterocycles. The molecule has 1 aromatic heterocycles. The van der Waals surface area contributed by atoms with Crippen LogP contribution in [0, 0.1) is 10.1 Å². The Labute approximate surface area is 108 Å². The molecule has 0 aliphatic rings. The molecule has 2 rings (SSSR count). The summed E-state index contributed by atoms with van der Waals surface area (Å²) in [4.78, 5) is 21.6. The number of carbonyl (C=O) groups excluding carboxylic acids is 1. The van der Waals surface area contributed by atoms with Crippen molar-refractivity contribution in [2.45, 2.75) is 6.18 Å². The van der Waals surface area contributed by atoms with Crippen LogP contribution in [0.4, 0.5) is 18.9 Å². The number of alkyl halides is 3. The molecular formula is C11H5F3N2O4. The minimum absolute atomic E-state index is 0.229. The summed E-state index contributed by atoms with van der Waals surface area (Å²) in [6.45, 7) is 0. The van der Waals surface area contributed by atoms with Crippen molar-refractivity contribution in [3.63, 3.8) is 0 Å². The second-order valence-corrected chi connectivity index (χ2v) is 3.70. The van der Waals surface area contributed by atoms with Gasteiger partial charge in [0, 0.05) is 12.1 Å². The number of hydrogen-bond donors (Lipinski definition) is 0. The van der Waals surface area contributed by atoms with Gasteiger partial charge in [0.15, 0.2) is 5.69 Å². The van der Waals surface area contributed by atoms with Gasteiger partial charge in [0.1, 0.15) is 11.8 Å². The maximum atomic E-state index is 12.5. The second kappa shape index (κ2) is 4.76. The molecule has 0 unspecified atom stereocenters. The Morgan fingerprint density at radius 1 is 1.30 bits per heavy atom. The molecule has 2 aromatic rings. The summed E-state index contributed by atoms with van der Waals surface area (Å²) in [6, 6.07) is 2.81. The van der Waals surface area contributed by atoms with Gasteiger partial charge in [-0.05, 0) is 12.1 Å². The molecule has 104 valence electrons. The van der Waals surface area contributed by atoms with E-state index in [9.17, 15) is 28.1 Å². The highest BCUT2D eigenvalue weighted by atomic mass is 19.4. The van der Waals surface area contributed by atoms with Gasteiger partial charge in [0.25, 0.3) is 5.69 Å². The molecule has 0 N–H and O–H groups in total. The molecule has 0 radical (unpaired) electrons. The van der Waals surface area contributed by atoms with Crippen LogP contribution in [0.3, 0.4) is 0 Å². The van der Waals surface area contributed by atoms with Crippen molar-refractivity contribution in [2.75, 3.05) is 0 Å². The van der Waals surface area contributed by atoms with Gasteiger partial charge in [-0.1, -0.05) is 5.16 Å². The van der Waals surface area contributed by atoms with Gasteiger partial charge >= 0.3 is 6.18 Å². The molecule has 0 aliphatic heterocycles. The van der Waals surface area contributed by atoms with Gasteiger partial charge in [-0.15, -0.1) is 0 Å². The highest BCUT2D eigenvalue weighted by molar-refractivity contribution is 6.10. The lowest BCUT2D eigenvalue weighted by Gasteiger charge is -2.07. The largest absolute Gasteiger partial charge is 0.416 e. The summed E-state index contributed by atoms with van der Waals surface area (Å²) in [5.41, 5.74) is -2.86. The Hall–Kier alpha value is -2.71. The zero-order valence-corrected chi connectivity index (χ0v) is 9.55. The lowest BCUT2D eigenvalue weighted by molar-refractivity contribution is -0.385. The fourth-order valence-corrected chi connectivity index (χ4v) is 1.52. The van der Waals surface area contributed by atoms with E-state index in [1.165, 1.54) is 0 Å². The maximum absolute atomic E-state index is 12.5. The normalized spacial score (nSPS) is 11.3. The lowest BCUT2D eigenvalue weighted by Crippen LogP contribution is -2.10. The van der Waals surface area contributed by atoms with E-state index in [1.807, 2.05) is 0 Å². The molecule has 6 nitrogen and oxygen atoms in total. The summed E-state index contributed by atoms with van der Waals surface area (Å²) in [7, 11) is 0. The number of nitro groups is 1. The van der Waals surface area contributed by atoms with E-state index >= 15 is 0 Å². The summed E-state index contributed by atoms with van der Waals surface area (Å²) in [6.07, 6.45) is -3.66. The van der Waals surface area contributed by atoms with E-state index in [0.717, 1.165) is 18.4 Å². The maximum Gasteiger partial charge on any atom is 0.416 e. The van der Waals surface area contributed by atoms with Gasteiger partial charge in [-0.25, -0.2) is 0 Å². The van der Waals surface area contributed by atoms with Crippen molar-refractivity contribution < 1.29 is 27.4 Å². The van der Waals surface area contributed by atoms with Crippen molar-refractivity contribution >= 4 is 11.5 Å². The van der Waals surface area contributed by atoms with Crippen LogP contribution >= 0.6 is 0 Å². The van der Waals surface area contributed by atoms with Gasteiger partial charge < -0.3 is 4.52 Å². The number of benzene rings is 1. The first-order valence-corrected chi connectivity index (χ1v) is 5.11. The van der Waals surface area contributed by atoms with Crippen LogP contribution in [0.2, 0.25) is 0 Å². The van der Waals surface area contributed by atoms with Crippen LogP contribution in [-0.2, 0) is 6.18 Å². The number of carbonyl (C=O) groups is 1. The van der Waals surface area contributed by atoms with E-state index in [0.29, 0.717) is 12.1 Å². The number of rotatable bonds is 3. The summed E-state index contributed by atoms with van der Waals surface area (Å²) < 4.78 is 41.9. The molecule has 9 heteroatoms. The SMILES string of the molecule is O=C(c1ccon1)c1ccc(C(F)(F)F)cc1[N+](=O)[O-]. The number of nitrogens with zero attached hydrogens (tertiary/aromatic N) is 2. The molecule has 0 saturated heterocycles. The van der Waals surface area contributed by atoms with Gasteiger partial charge in [0.05, 0.1) is 10.5 Å². The topological polar surface area (TPSA) is 86.2 Å². The molecule has 0 amide bonds. The highest BCUT2D eigenvalue weighted by Gasteiger charge is 2.34. The Morgan fingerprint density at radius 2 is 2.00 bits per heavy atom. The molecule has 0 spiro atoms. The van der Waals surface area contributed by atoms with E-state index in [1.54, 1.807) is 0 Å². The first-order chi connectivity index (χ1) is 9.30. The fourth-order valence-electron chi connectivity index (χ4n) is 1.52. The fraction of sp³-hybridized carbons (Fsp3) is 0.0909. The predicted molar refractivity (Wildman–Crippen MR) is 58.0 cm³/mol. The molecule has 0 atom stereocenters. The summed E-state index contributed by atoms with van der Waals surface area (Å²) in [5.74, 6) is -0.890. The van der Waals surface area contributed by atoms with Crippen LogP contribution in [0.25, 0.3) is 0 Å². The van der Waals surface area contributed by atoms with Crippen molar-refractivity contribution in [3.8, 4) is 0 Å². The van der Waals surface area contributed by atoms with Crippen LogP contribution in [0.15, 0.2) is 35.1 Å². The molecule has 0 bridgehead atoms. The minimum Gasteiger partial charge on any atom is -0.364 e. The Kier molecular flexibility index (Phi) is 3.26. The number of hydrogen-bond acceptors (Lipinski definition) is 5. The van der Waals surface area contributed by atoms with Crippen LogP contribution in [0.5, 0.6) is 0 Å². The molecule has 20 heavy (non-hydrogen) atoms. The molecular weight excluding hydrogens is 281 g/mol. The van der Waals surface area contributed by atoms with Gasteiger partial charge in [-0.2, -0.15) is 13.2 Å². The van der Waals surface area contributed by atoms with Crippen LogP contribution in [-0.4, -0.2) is 15.9 Å². The highest BCUT2D eigenvalue weighted by Crippen LogP contribution is 2.33. The van der Waals surface area contributed by atoms with Crippen LogP contribution < -0.4 is 0 Å². The lowest BCUT2D eigenvalue weighted by atomic mass is 10.0. The number of ketones is 1. The number of nitro benzene ring substituents is 1. The molecule has 0 fully saturated rings. The van der Waals surface area contributed by atoms with E-state index in [2.05, 4.69) is 9.68 Å². The summed E-state index contributed by atoms with van der Waals surface area (Å²) >= 11 is 0. The van der Waals surface area contributed by atoms with Crippen molar-refractivity contribution in [3.05, 3.63) is 57.5 Å². The first-order valence-electron chi connectivity index (χ1n) is 5.11. The molecule has 0 saturated carbocycles. The number of halogens is 3. The van der Waals surface area contributed by atoms with E-state index in [-0.39, 0.29) is 5.69 Å². The Balaban J connectivity index is 2.54. The van der Waals surface area contributed by atoms with Crippen molar-refractivity contribution in [1.29, 1.82) is 0 Å². The zero-order valence-electron chi connectivity index (χ0n) is 9.55. The van der Waals surface area contributed by atoms with Crippen LogP contribution in [0.1, 0.15) is 21.6 Å². The van der Waals surface area contributed by atoms with Gasteiger partial charge in [0.2, 0.25) is 5.78 Å². The van der Waals surface area contributed by atoms with Crippen molar-refractivity contribution in [1.82, 2.24) is 5.16 Å². The van der Waals surface area contributed by atoms with E-state index in [4.69, 9.17) is 0 Å². The molecule has 0 aliphatic carbocycles. The average molecular weight is 286 g/mol. The smallest absolute Gasteiger partial charge is 0.364 e. The standard InChI is InChI=1S/C11H5F3N2O4/c12-11(13,14)6-1-2-7(9(5-6)16(18)19)10(17)8-3-4-20-15-8/h1-5H. The first kappa shape index (κ1) is 13.7. The average Bonchev–Trinajstić information content (AvgIpc) is 2.89. The monoisotopic (exact) mass is 286 g/mol. The minimum atomic E-state index is -4.74. The Bertz CT molecular complexity index is 665.